The van der Waals surface area contributed by atoms with Crippen LogP contribution in [0.15, 0.2) is 41.5 Å². The molecule has 0 aliphatic heterocycles. The second kappa shape index (κ2) is 8.71. The molecule has 2 aromatic rings. The lowest BCUT2D eigenvalue weighted by molar-refractivity contribution is -0.136. The van der Waals surface area contributed by atoms with Gasteiger partial charge in [0.2, 0.25) is 0 Å². The summed E-state index contributed by atoms with van der Waals surface area (Å²) < 4.78 is 5.14. The molecule has 0 spiro atoms. The van der Waals surface area contributed by atoms with E-state index in [4.69, 9.17) is 39.5 Å². The van der Waals surface area contributed by atoms with E-state index in [0.717, 1.165) is 0 Å². The molecule has 0 aliphatic carbocycles. The van der Waals surface area contributed by atoms with Gasteiger partial charge in [-0.15, -0.1) is 0 Å². The van der Waals surface area contributed by atoms with Crippen molar-refractivity contribution in [2.24, 2.45) is 5.10 Å². The Balaban J connectivity index is 2.01. The second-order valence-electron chi connectivity index (χ2n) is 4.64. The fraction of sp³-hybridized carbons (Fsp3) is 0.0625. The number of carbonyl (C=O) groups excluding carboxylic acids is 2. The predicted octanol–water partition coefficient (Wildman–Crippen LogP) is 3.74. The van der Waals surface area contributed by atoms with Crippen molar-refractivity contribution >= 4 is 58.5 Å². The maximum Gasteiger partial charge on any atom is 0.329 e. The highest BCUT2D eigenvalue weighted by atomic mass is 35.5. The molecule has 6 nitrogen and oxygen atoms in total. The number of hydrazone groups is 1. The van der Waals surface area contributed by atoms with Crippen molar-refractivity contribution in [3.05, 3.63) is 57.0 Å². The number of halogens is 3. The third kappa shape index (κ3) is 5.09. The molecule has 130 valence electrons. The number of carbonyl (C=O) groups is 2. The number of amides is 2. The zero-order valence-electron chi connectivity index (χ0n) is 12.8. The van der Waals surface area contributed by atoms with Gasteiger partial charge < -0.3 is 10.1 Å². The molecule has 2 aromatic carbocycles. The van der Waals surface area contributed by atoms with Gasteiger partial charge in [-0.2, -0.15) is 5.10 Å². The average Bonchev–Trinajstić information content (AvgIpc) is 2.59. The molecule has 2 N–H and O–H groups in total. The molecule has 0 bridgehead atoms. The average molecular weight is 401 g/mol. The van der Waals surface area contributed by atoms with Crippen molar-refractivity contribution < 1.29 is 14.3 Å². The third-order valence-electron chi connectivity index (χ3n) is 2.97. The Kier molecular flexibility index (Phi) is 6.64. The molecular weight excluding hydrogens is 389 g/mol. The van der Waals surface area contributed by atoms with Crippen molar-refractivity contribution in [2.75, 3.05) is 12.4 Å². The number of nitrogens with zero attached hydrogens (tertiary/aromatic N) is 1. The van der Waals surface area contributed by atoms with Gasteiger partial charge in [-0.1, -0.05) is 40.9 Å². The Bertz CT molecular complexity index is 841. The minimum absolute atomic E-state index is 0.137. The first-order valence-electron chi connectivity index (χ1n) is 6.84. The van der Waals surface area contributed by atoms with E-state index in [2.05, 4.69) is 15.8 Å². The van der Waals surface area contributed by atoms with Crippen LogP contribution >= 0.6 is 34.8 Å². The summed E-state index contributed by atoms with van der Waals surface area (Å²) in [7, 11) is 1.49. The summed E-state index contributed by atoms with van der Waals surface area (Å²) in [4.78, 5) is 23.6. The van der Waals surface area contributed by atoms with Crippen LogP contribution in [-0.4, -0.2) is 25.1 Å². The first-order valence-corrected chi connectivity index (χ1v) is 7.97. The summed E-state index contributed by atoms with van der Waals surface area (Å²) in [6.45, 7) is 0. The van der Waals surface area contributed by atoms with E-state index >= 15 is 0 Å². The third-order valence-corrected chi connectivity index (χ3v) is 4.02. The zero-order valence-corrected chi connectivity index (χ0v) is 15.1. The lowest BCUT2D eigenvalue weighted by atomic mass is 10.2. The molecule has 0 aromatic heterocycles. The number of rotatable bonds is 4. The molecule has 9 heteroatoms. The second-order valence-corrected chi connectivity index (χ2v) is 5.86. The molecule has 0 saturated heterocycles. The van der Waals surface area contributed by atoms with Gasteiger partial charge in [0.1, 0.15) is 5.75 Å². The summed E-state index contributed by atoms with van der Waals surface area (Å²) >= 11 is 17.7. The molecule has 0 heterocycles. The molecule has 0 atom stereocenters. The molecule has 0 aliphatic rings. The first-order chi connectivity index (χ1) is 11.9. The zero-order chi connectivity index (χ0) is 18.4. The molecule has 2 amide bonds. The lowest BCUT2D eigenvalue weighted by Crippen LogP contribution is -2.32. The van der Waals surface area contributed by atoms with E-state index < -0.39 is 11.8 Å². The number of methoxy groups -OCH3 is 1. The maximum absolute atomic E-state index is 11.9. The molecule has 0 fully saturated rings. The molecule has 0 unspecified atom stereocenters. The van der Waals surface area contributed by atoms with Gasteiger partial charge >= 0.3 is 11.8 Å². The largest absolute Gasteiger partial charge is 0.496 e. The van der Waals surface area contributed by atoms with Gasteiger partial charge in [-0.25, -0.2) is 5.43 Å². The fourth-order valence-corrected chi connectivity index (χ4v) is 2.33. The van der Waals surface area contributed by atoms with Crippen molar-refractivity contribution in [1.82, 2.24) is 5.43 Å². The van der Waals surface area contributed by atoms with Gasteiger partial charge in [-0.3, -0.25) is 9.59 Å². The van der Waals surface area contributed by atoms with Crippen LogP contribution in [0.2, 0.25) is 15.1 Å². The van der Waals surface area contributed by atoms with Crippen LogP contribution in [0.5, 0.6) is 5.75 Å². The lowest BCUT2D eigenvalue weighted by Gasteiger charge is -2.07. The number of benzene rings is 2. The molecule has 0 saturated carbocycles. The maximum atomic E-state index is 11.9. The predicted molar refractivity (Wildman–Crippen MR) is 98.8 cm³/mol. The standard InChI is InChI=1S/C16H12Cl3N3O3/c1-25-13-6-5-10(17)7-9(13)8-20-22-16(24)15(23)21-12-4-2-3-11(18)14(12)19/h2-8H,1H3,(H,21,23)(H,22,24)/b20-8-. The number of hydrogen-bond acceptors (Lipinski definition) is 4. The van der Waals surface area contributed by atoms with Crippen LogP contribution in [0, 0.1) is 0 Å². The topological polar surface area (TPSA) is 79.8 Å². The Labute approximate surface area is 158 Å². The Morgan fingerprint density at radius 3 is 2.60 bits per heavy atom. The Hall–Kier alpha value is -2.28. The van der Waals surface area contributed by atoms with Gasteiger partial charge in [0.25, 0.3) is 0 Å². The van der Waals surface area contributed by atoms with Crippen molar-refractivity contribution in [3.8, 4) is 5.75 Å². The minimum Gasteiger partial charge on any atom is -0.496 e. The molecular formula is C16H12Cl3N3O3. The Morgan fingerprint density at radius 1 is 1.12 bits per heavy atom. The van der Waals surface area contributed by atoms with E-state index in [-0.39, 0.29) is 15.7 Å². The van der Waals surface area contributed by atoms with Crippen LogP contribution in [0.4, 0.5) is 5.69 Å². The van der Waals surface area contributed by atoms with Gasteiger partial charge in [-0.05, 0) is 30.3 Å². The summed E-state index contributed by atoms with van der Waals surface area (Å²) in [5.41, 5.74) is 2.85. The van der Waals surface area contributed by atoms with Crippen molar-refractivity contribution in [2.45, 2.75) is 0 Å². The minimum atomic E-state index is -0.978. The normalized spacial score (nSPS) is 10.6. The van der Waals surface area contributed by atoms with Crippen molar-refractivity contribution in [3.63, 3.8) is 0 Å². The van der Waals surface area contributed by atoms with E-state index in [1.54, 1.807) is 30.3 Å². The van der Waals surface area contributed by atoms with Crippen LogP contribution < -0.4 is 15.5 Å². The summed E-state index contributed by atoms with van der Waals surface area (Å²) in [6.07, 6.45) is 1.31. The fourth-order valence-electron chi connectivity index (χ4n) is 1.80. The monoisotopic (exact) mass is 399 g/mol. The van der Waals surface area contributed by atoms with E-state index in [9.17, 15) is 9.59 Å². The van der Waals surface area contributed by atoms with Crippen LogP contribution in [0.25, 0.3) is 0 Å². The highest BCUT2D eigenvalue weighted by Crippen LogP contribution is 2.29. The molecule has 25 heavy (non-hydrogen) atoms. The summed E-state index contributed by atoms with van der Waals surface area (Å²) in [5, 5.41) is 6.92. The summed E-state index contributed by atoms with van der Waals surface area (Å²) in [6, 6.07) is 9.56. The van der Waals surface area contributed by atoms with E-state index in [0.29, 0.717) is 16.3 Å². The highest BCUT2D eigenvalue weighted by Gasteiger charge is 2.15. The van der Waals surface area contributed by atoms with E-state index in [1.165, 1.54) is 19.4 Å². The number of nitrogens with one attached hydrogen (secondary N) is 2. The summed E-state index contributed by atoms with van der Waals surface area (Å²) in [5.74, 6) is -1.41. The van der Waals surface area contributed by atoms with Crippen LogP contribution in [0.3, 0.4) is 0 Å². The Morgan fingerprint density at radius 2 is 1.88 bits per heavy atom. The number of anilines is 1. The SMILES string of the molecule is COc1ccc(Cl)cc1/C=N\NC(=O)C(=O)Nc1cccc(Cl)c1Cl. The first kappa shape index (κ1) is 19.1. The highest BCUT2D eigenvalue weighted by molar-refractivity contribution is 6.45. The van der Waals surface area contributed by atoms with E-state index in [1.807, 2.05) is 0 Å². The van der Waals surface area contributed by atoms with Gasteiger partial charge in [0.15, 0.2) is 0 Å². The van der Waals surface area contributed by atoms with Crippen LogP contribution in [-0.2, 0) is 9.59 Å². The van der Waals surface area contributed by atoms with Crippen LogP contribution in [0.1, 0.15) is 5.56 Å². The molecule has 0 radical (unpaired) electrons. The molecule has 2 rings (SSSR count). The van der Waals surface area contributed by atoms with Gasteiger partial charge in [0.05, 0.1) is 29.1 Å². The van der Waals surface area contributed by atoms with Gasteiger partial charge in [0, 0.05) is 10.6 Å². The van der Waals surface area contributed by atoms with Crippen molar-refractivity contribution in [1.29, 1.82) is 0 Å². The number of hydrogen-bond donors (Lipinski definition) is 2. The quantitative estimate of drug-likeness (QED) is 0.466. The smallest absolute Gasteiger partial charge is 0.329 e. The number of ether oxygens (including phenoxy) is 1.